The van der Waals surface area contributed by atoms with Crippen LogP contribution in [0.4, 0.5) is 0 Å². The number of phosphoric ester groups is 1. The van der Waals surface area contributed by atoms with Gasteiger partial charge in [-0.3, -0.25) is 4.89 Å². The second-order valence-electron chi connectivity index (χ2n) is 10.1. The number of hydrogen-bond donors (Lipinski definition) is 1. The van der Waals surface area contributed by atoms with Gasteiger partial charge in [0.1, 0.15) is 17.2 Å². The van der Waals surface area contributed by atoms with Gasteiger partial charge in [0.2, 0.25) is 5.51 Å². The lowest BCUT2D eigenvalue weighted by Gasteiger charge is -2.15. The summed E-state index contributed by atoms with van der Waals surface area (Å²) >= 11 is 1.67. The lowest BCUT2D eigenvalue weighted by atomic mass is 10.1. The number of hydrogen-bond acceptors (Lipinski definition) is 5. The highest BCUT2D eigenvalue weighted by atomic mass is 32.1. The van der Waals surface area contributed by atoms with Crippen molar-refractivity contribution < 1.29 is 27.8 Å². The molecule has 0 saturated carbocycles. The Morgan fingerprint density at radius 3 is 1.97 bits per heavy atom. The third kappa shape index (κ3) is 13.0. The zero-order chi connectivity index (χ0) is 27.8. The molecule has 0 saturated heterocycles. The fourth-order valence-electron chi connectivity index (χ4n) is 4.48. The maximum Gasteiger partial charge on any atom is 0.584 e. The number of unbranched alkanes of at least 4 members (excludes halogenated alkanes) is 11. The summed E-state index contributed by atoms with van der Waals surface area (Å²) in [7, 11) is -4.37. The predicted molar refractivity (Wildman–Crippen MR) is 159 cm³/mol. The molecule has 0 aliphatic carbocycles. The topological polar surface area (TPSA) is 68.9 Å². The largest absolute Gasteiger partial charge is 0.584 e. The molecule has 2 aromatic carbocycles. The molecule has 39 heavy (non-hydrogen) atoms. The van der Waals surface area contributed by atoms with Gasteiger partial charge in [-0.1, -0.05) is 107 Å². The number of aromatic nitrogens is 1. The summed E-state index contributed by atoms with van der Waals surface area (Å²) in [6.45, 7) is 5.58. The van der Waals surface area contributed by atoms with E-state index >= 15 is 0 Å². The molecule has 1 atom stereocenters. The molecule has 1 aromatic heterocycles. The van der Waals surface area contributed by atoms with Crippen molar-refractivity contribution in [3.05, 3.63) is 70.7 Å². The highest BCUT2D eigenvalue weighted by Gasteiger charge is 2.25. The first-order valence-electron chi connectivity index (χ1n) is 14.4. The molecule has 0 fully saturated rings. The Balaban J connectivity index is 1.33. The molecule has 0 bridgehead atoms. The fourth-order valence-corrected chi connectivity index (χ4v) is 5.91. The van der Waals surface area contributed by atoms with Crippen LogP contribution in [0.5, 0.6) is 17.2 Å². The normalized spacial score (nSPS) is 12.7. The van der Waals surface area contributed by atoms with Crippen LogP contribution in [0, 0.1) is 6.92 Å². The summed E-state index contributed by atoms with van der Waals surface area (Å²) < 4.78 is 31.3. The van der Waals surface area contributed by atoms with E-state index in [2.05, 4.69) is 24.6 Å². The van der Waals surface area contributed by atoms with Crippen molar-refractivity contribution >= 4 is 19.2 Å². The number of aryl methyl sites for hydroxylation is 1. The first-order valence-corrected chi connectivity index (χ1v) is 16.8. The molecule has 214 valence electrons. The van der Waals surface area contributed by atoms with E-state index in [1.165, 1.54) is 69.1 Å². The Kier molecular flexibility index (Phi) is 13.9. The Morgan fingerprint density at radius 1 is 0.795 bits per heavy atom. The van der Waals surface area contributed by atoms with Gasteiger partial charge < -0.3 is 13.8 Å². The summed E-state index contributed by atoms with van der Waals surface area (Å²) in [5.74, 6) is 1.12. The maximum atomic E-state index is 12.7. The molecule has 0 aliphatic heterocycles. The van der Waals surface area contributed by atoms with Crippen molar-refractivity contribution in [3.8, 4) is 17.2 Å². The Labute approximate surface area is 238 Å². The third-order valence-electron chi connectivity index (χ3n) is 6.50. The van der Waals surface area contributed by atoms with Crippen molar-refractivity contribution in [2.45, 2.75) is 97.4 Å². The molecular formula is C31H45NO5PS+. The Morgan fingerprint density at radius 2 is 1.36 bits per heavy atom. The van der Waals surface area contributed by atoms with Crippen LogP contribution >= 0.6 is 19.2 Å². The highest BCUT2D eigenvalue weighted by molar-refractivity contribution is 7.48. The van der Waals surface area contributed by atoms with Gasteiger partial charge >= 0.3 is 7.82 Å². The molecule has 1 unspecified atom stereocenters. The molecule has 3 aromatic rings. The van der Waals surface area contributed by atoms with Gasteiger partial charge in [-0.25, -0.2) is 4.57 Å². The van der Waals surface area contributed by atoms with Crippen molar-refractivity contribution in [3.63, 3.8) is 0 Å². The standard InChI is InChI=1S/C31H44NO5PS/c1-3-4-5-6-7-8-9-10-11-12-13-14-21-35-29-18-16-20-31(23-29)37-38(33,34)36-30-19-15-17-28(22-30)25-32-24-27(2)39-26-32/h15-20,22-24,26H,3-14,21,25H2,1-2H3/p+1. The van der Waals surface area contributed by atoms with E-state index in [4.69, 9.17) is 13.8 Å². The fraction of sp³-hybridized carbons (Fsp3) is 0.516. The second-order valence-corrected chi connectivity index (χ2v) is 12.5. The smallest absolute Gasteiger partial charge is 0.493 e. The lowest BCUT2D eigenvalue weighted by Crippen LogP contribution is -2.30. The third-order valence-corrected chi connectivity index (χ3v) is 8.24. The lowest BCUT2D eigenvalue weighted by molar-refractivity contribution is -0.683. The van der Waals surface area contributed by atoms with Crippen LogP contribution in [-0.2, 0) is 11.1 Å². The monoisotopic (exact) mass is 574 g/mol. The molecule has 3 rings (SSSR count). The second kappa shape index (κ2) is 17.4. The van der Waals surface area contributed by atoms with Gasteiger partial charge in [-0.15, -0.1) is 0 Å². The molecule has 1 heterocycles. The molecule has 1 N–H and O–H groups in total. The molecule has 0 radical (unpaired) electrons. The van der Waals surface area contributed by atoms with E-state index in [9.17, 15) is 9.46 Å². The van der Waals surface area contributed by atoms with Gasteiger partial charge in [0, 0.05) is 11.6 Å². The van der Waals surface area contributed by atoms with E-state index in [-0.39, 0.29) is 11.5 Å². The van der Waals surface area contributed by atoms with E-state index in [1.54, 1.807) is 47.7 Å². The van der Waals surface area contributed by atoms with Gasteiger partial charge in [0.15, 0.2) is 12.7 Å². The van der Waals surface area contributed by atoms with Crippen molar-refractivity contribution in [2.24, 2.45) is 0 Å². The van der Waals surface area contributed by atoms with Crippen LogP contribution in [0.2, 0.25) is 0 Å². The van der Waals surface area contributed by atoms with Gasteiger partial charge in [0.05, 0.1) is 11.5 Å². The number of nitrogens with zero attached hydrogens (tertiary/aromatic N) is 1. The molecule has 0 spiro atoms. The zero-order valence-corrected chi connectivity index (χ0v) is 25.3. The van der Waals surface area contributed by atoms with Crippen LogP contribution in [0.25, 0.3) is 0 Å². The van der Waals surface area contributed by atoms with Crippen molar-refractivity contribution in [1.29, 1.82) is 0 Å². The van der Waals surface area contributed by atoms with Crippen LogP contribution in [0.15, 0.2) is 60.2 Å². The van der Waals surface area contributed by atoms with Crippen LogP contribution in [0.3, 0.4) is 0 Å². The first kappa shape index (κ1) is 31.2. The highest BCUT2D eigenvalue weighted by Crippen LogP contribution is 2.45. The first-order chi connectivity index (χ1) is 18.9. The number of phosphoric acid groups is 1. The molecule has 6 nitrogen and oxygen atoms in total. The van der Waals surface area contributed by atoms with E-state index in [0.717, 1.165) is 18.4 Å². The number of ether oxygens (including phenoxy) is 1. The number of rotatable bonds is 20. The minimum Gasteiger partial charge on any atom is -0.493 e. The summed E-state index contributed by atoms with van der Waals surface area (Å²) in [4.78, 5) is 11.6. The molecular weight excluding hydrogens is 529 g/mol. The van der Waals surface area contributed by atoms with Crippen LogP contribution in [-0.4, -0.2) is 11.5 Å². The van der Waals surface area contributed by atoms with Gasteiger partial charge in [-0.2, -0.15) is 4.57 Å². The minimum atomic E-state index is -4.37. The number of benzene rings is 2. The van der Waals surface area contributed by atoms with Gasteiger partial charge in [-0.05, 0) is 37.6 Å². The average molecular weight is 575 g/mol. The summed E-state index contributed by atoms with van der Waals surface area (Å²) in [6.07, 6.45) is 17.6. The minimum absolute atomic E-state index is 0.230. The summed E-state index contributed by atoms with van der Waals surface area (Å²) in [5, 5.41) is 0. The summed E-state index contributed by atoms with van der Waals surface area (Å²) in [5.41, 5.74) is 3.00. The maximum absolute atomic E-state index is 12.7. The molecule has 0 aliphatic rings. The van der Waals surface area contributed by atoms with E-state index in [1.807, 2.05) is 17.6 Å². The van der Waals surface area contributed by atoms with E-state index < -0.39 is 7.82 Å². The Hall–Kier alpha value is -2.34. The predicted octanol–water partition coefficient (Wildman–Crippen LogP) is 9.03. The molecule has 0 amide bonds. The summed E-state index contributed by atoms with van der Waals surface area (Å²) in [6, 6.07) is 14.0. The van der Waals surface area contributed by atoms with Gasteiger partial charge in [0.25, 0.3) is 0 Å². The van der Waals surface area contributed by atoms with Crippen molar-refractivity contribution in [2.75, 3.05) is 6.61 Å². The Bertz CT molecular complexity index is 1150. The van der Waals surface area contributed by atoms with E-state index in [0.29, 0.717) is 18.9 Å². The zero-order valence-electron chi connectivity index (χ0n) is 23.6. The number of thiazole rings is 1. The quantitative estimate of drug-likeness (QED) is 0.0828. The van der Waals surface area contributed by atoms with Crippen LogP contribution in [0.1, 0.15) is 94.4 Å². The van der Waals surface area contributed by atoms with Crippen molar-refractivity contribution in [1.82, 2.24) is 0 Å². The SMILES string of the molecule is CCCCCCCCCCCCCCOc1cccc(OP(=O)(O)Oc2cccc(C[n+]3csc(C)c3)c2)c1. The van der Waals surface area contributed by atoms with Crippen LogP contribution < -0.4 is 18.4 Å². The average Bonchev–Trinajstić information content (AvgIpc) is 3.31. The molecule has 8 heteroatoms.